The molecular weight excluding hydrogens is 477 g/mol. The molecule has 0 radical (unpaired) electrons. The molecule has 0 unspecified atom stereocenters. The van der Waals surface area contributed by atoms with Crippen LogP contribution in [0.15, 0.2) is 29.3 Å². The molecule has 0 spiro atoms. The summed E-state index contributed by atoms with van der Waals surface area (Å²) in [6, 6.07) is 8.12. The van der Waals surface area contributed by atoms with Gasteiger partial charge in [-0.2, -0.15) is 0 Å². The fraction of sp³-hybridized carbons (Fsp3) is 0.556. The summed E-state index contributed by atoms with van der Waals surface area (Å²) < 4.78 is 24.9. The molecule has 0 fully saturated rings. The molecule has 0 aliphatic heterocycles. The van der Waals surface area contributed by atoms with Crippen molar-refractivity contribution in [1.82, 2.24) is 20.2 Å². The molecule has 0 aliphatic rings. The number of sulfone groups is 1. The van der Waals surface area contributed by atoms with Gasteiger partial charge in [-0.05, 0) is 39.3 Å². The summed E-state index contributed by atoms with van der Waals surface area (Å²) in [6.45, 7) is 7.30. The van der Waals surface area contributed by atoms with Crippen molar-refractivity contribution in [3.05, 3.63) is 30.1 Å². The van der Waals surface area contributed by atoms with Gasteiger partial charge in [-0.25, -0.2) is 13.4 Å². The van der Waals surface area contributed by atoms with Gasteiger partial charge >= 0.3 is 0 Å². The molecule has 1 aromatic heterocycles. The number of halogens is 1. The molecule has 2 aromatic rings. The molecule has 9 heteroatoms. The number of para-hydroxylation sites is 2. The third-order valence-corrected chi connectivity index (χ3v) is 6.76. The topological polar surface area (TPSA) is 88.4 Å². The average molecular weight is 507 g/mol. The molecule has 2 rings (SSSR count). The van der Waals surface area contributed by atoms with Gasteiger partial charge in [0.25, 0.3) is 0 Å². The Morgan fingerprint density at radius 1 is 1.26 bits per heavy atom. The number of nitrogens with zero attached hydrogens (tertiary/aromatic N) is 3. The second kappa shape index (κ2) is 9.72. The zero-order chi connectivity index (χ0) is 19.4. The third-order valence-electron chi connectivity index (χ3n) is 4.61. The average Bonchev–Trinajstić information content (AvgIpc) is 2.88. The van der Waals surface area contributed by atoms with E-state index in [0.29, 0.717) is 12.5 Å². The van der Waals surface area contributed by atoms with Gasteiger partial charge in [-0.15, -0.1) is 24.0 Å². The van der Waals surface area contributed by atoms with E-state index in [1.807, 2.05) is 25.1 Å². The largest absolute Gasteiger partial charge is 0.356 e. The number of rotatable bonds is 7. The summed E-state index contributed by atoms with van der Waals surface area (Å²) in [5.41, 5.74) is 2.15. The van der Waals surface area contributed by atoms with Gasteiger partial charge in [-0.3, -0.25) is 4.99 Å². The lowest BCUT2D eigenvalue weighted by atomic mass is 10.2. The van der Waals surface area contributed by atoms with Crippen molar-refractivity contribution >= 4 is 50.8 Å². The molecule has 0 amide bonds. The summed E-state index contributed by atoms with van der Waals surface area (Å²) in [7, 11) is -1.47. The number of hydrogen-bond donors (Lipinski definition) is 2. The molecular formula is C18H30IN5O2S. The Bertz CT molecular complexity index is 890. The van der Waals surface area contributed by atoms with E-state index in [1.54, 1.807) is 20.9 Å². The maximum absolute atomic E-state index is 11.8. The number of aryl methyl sites for hydroxylation is 2. The minimum atomic E-state index is -3.14. The highest BCUT2D eigenvalue weighted by atomic mass is 127. The zero-order valence-electron chi connectivity index (χ0n) is 16.6. The molecule has 1 heterocycles. The molecule has 152 valence electrons. The molecule has 7 nitrogen and oxygen atoms in total. The predicted molar refractivity (Wildman–Crippen MR) is 123 cm³/mol. The Hall–Kier alpha value is -1.36. The zero-order valence-corrected chi connectivity index (χ0v) is 19.8. The Balaban J connectivity index is 0.00000364. The smallest absolute Gasteiger partial charge is 0.191 e. The Morgan fingerprint density at radius 3 is 2.56 bits per heavy atom. The van der Waals surface area contributed by atoms with Crippen LogP contribution in [0.1, 0.15) is 26.1 Å². The lowest BCUT2D eigenvalue weighted by Gasteiger charge is -2.24. The van der Waals surface area contributed by atoms with Crippen molar-refractivity contribution in [2.24, 2.45) is 4.99 Å². The van der Waals surface area contributed by atoms with E-state index in [4.69, 9.17) is 0 Å². The van der Waals surface area contributed by atoms with E-state index >= 15 is 0 Å². The number of nitrogens with one attached hydrogen (secondary N) is 2. The van der Waals surface area contributed by atoms with Crippen LogP contribution < -0.4 is 10.6 Å². The van der Waals surface area contributed by atoms with Crippen LogP contribution in [-0.2, 0) is 16.4 Å². The van der Waals surface area contributed by atoms with Crippen molar-refractivity contribution in [3.63, 3.8) is 0 Å². The number of guanidine groups is 1. The first-order valence-corrected chi connectivity index (χ1v) is 10.6. The van der Waals surface area contributed by atoms with Gasteiger partial charge in [0.05, 0.1) is 15.8 Å². The molecule has 0 saturated carbocycles. The highest BCUT2D eigenvalue weighted by Crippen LogP contribution is 2.15. The monoisotopic (exact) mass is 507 g/mol. The van der Waals surface area contributed by atoms with Crippen LogP contribution in [0.2, 0.25) is 0 Å². The number of imidazole rings is 1. The van der Waals surface area contributed by atoms with Crippen LogP contribution in [0.25, 0.3) is 11.0 Å². The van der Waals surface area contributed by atoms with E-state index in [2.05, 4.69) is 31.2 Å². The Labute approximate surface area is 179 Å². The van der Waals surface area contributed by atoms with Crippen LogP contribution in [0, 0.1) is 6.92 Å². The van der Waals surface area contributed by atoms with E-state index < -0.39 is 14.6 Å². The fourth-order valence-corrected chi connectivity index (χ4v) is 2.90. The van der Waals surface area contributed by atoms with Gasteiger partial charge in [0.15, 0.2) is 15.8 Å². The minimum Gasteiger partial charge on any atom is -0.356 e. The number of fused-ring (bicyclic) bond motifs is 1. The summed E-state index contributed by atoms with van der Waals surface area (Å²) in [5, 5.41) is 6.33. The van der Waals surface area contributed by atoms with Crippen LogP contribution >= 0.6 is 24.0 Å². The second-order valence-corrected chi connectivity index (χ2v) is 9.69. The Kier molecular flexibility index (Phi) is 8.52. The van der Waals surface area contributed by atoms with Crippen molar-refractivity contribution in [2.45, 2.75) is 38.5 Å². The van der Waals surface area contributed by atoms with Crippen molar-refractivity contribution < 1.29 is 8.42 Å². The lowest BCUT2D eigenvalue weighted by molar-refractivity contribution is 0.543. The minimum absolute atomic E-state index is 0. The van der Waals surface area contributed by atoms with Crippen LogP contribution in [0.3, 0.4) is 0 Å². The first-order valence-electron chi connectivity index (χ1n) is 8.72. The summed E-state index contributed by atoms with van der Waals surface area (Å²) in [6.07, 6.45) is 2.15. The predicted octanol–water partition coefficient (Wildman–Crippen LogP) is 2.34. The van der Waals surface area contributed by atoms with Gasteiger partial charge in [0, 0.05) is 32.9 Å². The lowest BCUT2D eigenvalue weighted by Crippen LogP contribution is -2.47. The van der Waals surface area contributed by atoms with Crippen LogP contribution in [0.5, 0.6) is 0 Å². The number of aromatic nitrogens is 2. The Morgan fingerprint density at radius 2 is 1.93 bits per heavy atom. The number of aliphatic imine (C=N–C) groups is 1. The normalized spacial score (nSPS) is 12.7. The maximum atomic E-state index is 11.8. The van der Waals surface area contributed by atoms with E-state index in [-0.39, 0.29) is 24.0 Å². The number of benzene rings is 1. The quantitative estimate of drug-likeness (QED) is 0.260. The highest BCUT2D eigenvalue weighted by molar-refractivity contribution is 14.0. The highest BCUT2D eigenvalue weighted by Gasteiger charge is 2.30. The fourth-order valence-electron chi connectivity index (χ4n) is 2.57. The third kappa shape index (κ3) is 6.06. The van der Waals surface area contributed by atoms with Gasteiger partial charge in [0.1, 0.15) is 5.82 Å². The van der Waals surface area contributed by atoms with Gasteiger partial charge in [0.2, 0.25) is 0 Å². The standard InChI is InChI=1S/C18H29N5O2S.HI/c1-14-22-15-9-6-7-10-16(15)23(14)12-8-11-20-17(19-4)21-13-18(2,3)26(5,24)25;/h6-7,9-10H,8,11-13H2,1-5H3,(H2,19,20,21);1H. The van der Waals surface area contributed by atoms with Crippen molar-refractivity contribution in [3.8, 4) is 0 Å². The van der Waals surface area contributed by atoms with Gasteiger partial charge in [-0.1, -0.05) is 12.1 Å². The molecule has 0 aliphatic carbocycles. The van der Waals surface area contributed by atoms with Crippen LogP contribution in [0.4, 0.5) is 0 Å². The summed E-state index contributed by atoms with van der Waals surface area (Å²) >= 11 is 0. The van der Waals surface area contributed by atoms with Crippen molar-refractivity contribution in [2.75, 3.05) is 26.4 Å². The van der Waals surface area contributed by atoms with E-state index in [1.165, 1.54) is 6.26 Å². The maximum Gasteiger partial charge on any atom is 0.191 e. The summed E-state index contributed by atoms with van der Waals surface area (Å²) in [4.78, 5) is 8.73. The molecule has 0 bridgehead atoms. The summed E-state index contributed by atoms with van der Waals surface area (Å²) in [5.74, 6) is 1.61. The van der Waals surface area contributed by atoms with Gasteiger partial charge < -0.3 is 15.2 Å². The van der Waals surface area contributed by atoms with E-state index in [0.717, 1.165) is 36.4 Å². The number of hydrogen-bond acceptors (Lipinski definition) is 4. The molecule has 1 aromatic carbocycles. The van der Waals surface area contributed by atoms with E-state index in [9.17, 15) is 8.42 Å². The molecule has 27 heavy (non-hydrogen) atoms. The first-order chi connectivity index (χ1) is 12.2. The molecule has 0 atom stereocenters. The first kappa shape index (κ1) is 23.7. The second-order valence-electron chi connectivity index (χ2n) is 7.04. The molecule has 2 N–H and O–H groups in total. The SMILES string of the molecule is CN=C(NCCCn1c(C)nc2ccccc21)NCC(C)(C)S(C)(=O)=O.I. The van der Waals surface area contributed by atoms with Crippen molar-refractivity contribution in [1.29, 1.82) is 0 Å². The molecule has 0 saturated heterocycles. The van der Waals surface area contributed by atoms with Crippen LogP contribution in [-0.4, -0.2) is 55.1 Å².